The molecule has 0 aromatic rings. The molecule has 1 aliphatic rings. The maximum absolute atomic E-state index is 6.52. The van der Waals surface area contributed by atoms with Gasteiger partial charge < -0.3 is 5.32 Å². The van der Waals surface area contributed by atoms with Crippen LogP contribution in [0.5, 0.6) is 0 Å². The van der Waals surface area contributed by atoms with E-state index in [2.05, 4.69) is 25.7 Å². The summed E-state index contributed by atoms with van der Waals surface area (Å²) in [7, 11) is 0. The Morgan fingerprint density at radius 2 is 2.13 bits per heavy atom. The van der Waals surface area contributed by atoms with Gasteiger partial charge in [0.05, 0.1) is 5.38 Å². The van der Waals surface area contributed by atoms with E-state index in [4.69, 9.17) is 11.6 Å². The maximum atomic E-state index is 6.52. The van der Waals surface area contributed by atoms with Gasteiger partial charge in [-0.1, -0.05) is 39.7 Å². The van der Waals surface area contributed by atoms with E-state index < -0.39 is 0 Å². The van der Waals surface area contributed by atoms with Crippen LogP contribution in [0.15, 0.2) is 12.3 Å². The summed E-state index contributed by atoms with van der Waals surface area (Å²) in [6.45, 7) is 10.4. The predicted molar refractivity (Wildman–Crippen MR) is 68.2 cm³/mol. The van der Waals surface area contributed by atoms with Gasteiger partial charge in [-0.2, -0.15) is 0 Å². The zero-order valence-electron chi connectivity index (χ0n) is 10.2. The van der Waals surface area contributed by atoms with Gasteiger partial charge in [-0.25, -0.2) is 0 Å². The summed E-state index contributed by atoms with van der Waals surface area (Å²) in [6.07, 6.45) is 5.00. The van der Waals surface area contributed by atoms with E-state index in [-0.39, 0.29) is 5.38 Å². The second-order valence-corrected chi connectivity index (χ2v) is 5.34. The summed E-state index contributed by atoms with van der Waals surface area (Å²) in [5.41, 5.74) is 1.04. The standard InChI is InChI=1S/C13H24ClN/c1-5-7-10-8-12(15-9(3)4)13(14)11(10)6-2/h10-13,15H,3,5-8H2,1-2,4H3. The molecule has 1 saturated carbocycles. The molecular weight excluding hydrogens is 206 g/mol. The molecule has 4 unspecified atom stereocenters. The quantitative estimate of drug-likeness (QED) is 0.705. The first-order valence-corrected chi connectivity index (χ1v) is 6.59. The van der Waals surface area contributed by atoms with Crippen LogP contribution >= 0.6 is 11.6 Å². The van der Waals surface area contributed by atoms with Crippen LogP contribution in [-0.4, -0.2) is 11.4 Å². The number of halogens is 1. The second kappa shape index (κ2) is 5.79. The molecule has 4 atom stereocenters. The van der Waals surface area contributed by atoms with Crippen molar-refractivity contribution in [1.29, 1.82) is 0 Å². The Hall–Kier alpha value is -0.170. The number of rotatable bonds is 5. The number of hydrogen-bond donors (Lipinski definition) is 1. The van der Waals surface area contributed by atoms with Gasteiger partial charge >= 0.3 is 0 Å². The van der Waals surface area contributed by atoms with Crippen LogP contribution in [0.2, 0.25) is 0 Å². The fraction of sp³-hybridized carbons (Fsp3) is 0.846. The first kappa shape index (κ1) is 12.9. The topological polar surface area (TPSA) is 12.0 Å². The highest BCUT2D eigenvalue weighted by atomic mass is 35.5. The molecule has 1 N–H and O–H groups in total. The molecule has 0 aromatic carbocycles. The predicted octanol–water partition coefficient (Wildman–Crippen LogP) is 3.93. The normalized spacial score (nSPS) is 35.5. The molecular formula is C13H24ClN. The number of nitrogens with one attached hydrogen (secondary N) is 1. The van der Waals surface area contributed by atoms with Crippen LogP contribution in [0.1, 0.15) is 46.5 Å². The minimum Gasteiger partial charge on any atom is -0.385 e. The van der Waals surface area contributed by atoms with Gasteiger partial charge in [0.2, 0.25) is 0 Å². The van der Waals surface area contributed by atoms with E-state index in [9.17, 15) is 0 Å². The van der Waals surface area contributed by atoms with E-state index in [1.54, 1.807) is 0 Å². The summed E-state index contributed by atoms with van der Waals surface area (Å²) >= 11 is 6.52. The third-order valence-corrected chi connectivity index (χ3v) is 4.15. The van der Waals surface area contributed by atoms with Gasteiger partial charge in [0.25, 0.3) is 0 Å². The van der Waals surface area contributed by atoms with Crippen molar-refractivity contribution < 1.29 is 0 Å². The molecule has 0 spiro atoms. The molecule has 0 radical (unpaired) electrons. The van der Waals surface area contributed by atoms with Crippen LogP contribution in [0.25, 0.3) is 0 Å². The summed E-state index contributed by atoms with van der Waals surface area (Å²) in [5, 5.41) is 3.70. The summed E-state index contributed by atoms with van der Waals surface area (Å²) in [4.78, 5) is 0. The minimum atomic E-state index is 0.281. The molecule has 88 valence electrons. The molecule has 0 heterocycles. The Balaban J connectivity index is 2.60. The molecule has 0 aliphatic heterocycles. The van der Waals surface area contributed by atoms with Gasteiger partial charge in [-0.15, -0.1) is 11.6 Å². The lowest BCUT2D eigenvalue weighted by atomic mass is 9.90. The van der Waals surface area contributed by atoms with Gasteiger partial charge in [-0.3, -0.25) is 0 Å². The summed E-state index contributed by atoms with van der Waals surface area (Å²) in [6, 6.07) is 0.436. The summed E-state index contributed by atoms with van der Waals surface area (Å²) < 4.78 is 0. The fourth-order valence-electron chi connectivity index (χ4n) is 2.91. The Labute approximate surface area is 99.3 Å². The van der Waals surface area contributed by atoms with Gasteiger partial charge in [-0.05, 0) is 25.2 Å². The van der Waals surface area contributed by atoms with Crippen molar-refractivity contribution in [2.24, 2.45) is 11.8 Å². The third-order valence-electron chi connectivity index (χ3n) is 3.52. The highest BCUT2D eigenvalue weighted by Crippen LogP contribution is 2.40. The van der Waals surface area contributed by atoms with Crippen molar-refractivity contribution >= 4 is 11.6 Å². The highest BCUT2D eigenvalue weighted by molar-refractivity contribution is 6.21. The van der Waals surface area contributed by atoms with E-state index in [0.717, 1.165) is 11.6 Å². The van der Waals surface area contributed by atoms with Crippen LogP contribution < -0.4 is 5.32 Å². The SMILES string of the molecule is C=C(C)NC1CC(CCC)C(CC)C1Cl. The van der Waals surface area contributed by atoms with E-state index in [1.807, 2.05) is 6.92 Å². The Kier molecular flexibility index (Phi) is 4.98. The molecule has 0 saturated heterocycles. The number of allylic oxidation sites excluding steroid dienone is 1. The highest BCUT2D eigenvalue weighted by Gasteiger charge is 2.40. The van der Waals surface area contributed by atoms with Gasteiger partial charge in [0, 0.05) is 11.7 Å². The van der Waals surface area contributed by atoms with Crippen molar-refractivity contribution in [3.8, 4) is 0 Å². The lowest BCUT2D eigenvalue weighted by Crippen LogP contribution is -2.33. The Bertz CT molecular complexity index is 215. The molecule has 1 nitrogen and oxygen atoms in total. The zero-order valence-corrected chi connectivity index (χ0v) is 11.0. The third kappa shape index (κ3) is 3.14. The number of alkyl halides is 1. The van der Waals surface area contributed by atoms with Crippen LogP contribution in [-0.2, 0) is 0 Å². The van der Waals surface area contributed by atoms with Crippen LogP contribution in [0.3, 0.4) is 0 Å². The Morgan fingerprint density at radius 3 is 2.60 bits per heavy atom. The van der Waals surface area contributed by atoms with Gasteiger partial charge in [0.15, 0.2) is 0 Å². The van der Waals surface area contributed by atoms with Gasteiger partial charge in [0.1, 0.15) is 0 Å². The molecule has 15 heavy (non-hydrogen) atoms. The van der Waals surface area contributed by atoms with E-state index in [0.29, 0.717) is 12.0 Å². The fourth-order valence-corrected chi connectivity index (χ4v) is 3.46. The van der Waals surface area contributed by atoms with Crippen molar-refractivity contribution in [3.05, 3.63) is 12.3 Å². The minimum absolute atomic E-state index is 0.281. The zero-order chi connectivity index (χ0) is 11.4. The average molecular weight is 230 g/mol. The van der Waals surface area contributed by atoms with Crippen LogP contribution in [0, 0.1) is 11.8 Å². The molecule has 0 amide bonds. The van der Waals surface area contributed by atoms with Crippen molar-refractivity contribution in [3.63, 3.8) is 0 Å². The molecule has 1 fully saturated rings. The molecule has 0 aromatic heterocycles. The van der Waals surface area contributed by atoms with Crippen molar-refractivity contribution in [2.75, 3.05) is 0 Å². The van der Waals surface area contributed by atoms with E-state index >= 15 is 0 Å². The average Bonchev–Trinajstić information content (AvgIpc) is 2.43. The Morgan fingerprint density at radius 1 is 1.47 bits per heavy atom. The molecule has 1 rings (SSSR count). The lowest BCUT2D eigenvalue weighted by molar-refractivity contribution is 0.355. The van der Waals surface area contributed by atoms with Crippen molar-refractivity contribution in [2.45, 2.75) is 57.9 Å². The molecule has 2 heteroatoms. The largest absolute Gasteiger partial charge is 0.385 e. The number of hydrogen-bond acceptors (Lipinski definition) is 1. The monoisotopic (exact) mass is 229 g/mol. The first-order chi connectivity index (χ1) is 7.10. The van der Waals surface area contributed by atoms with Crippen LogP contribution in [0.4, 0.5) is 0 Å². The van der Waals surface area contributed by atoms with E-state index in [1.165, 1.54) is 25.7 Å². The summed E-state index contributed by atoms with van der Waals surface area (Å²) in [5.74, 6) is 1.49. The lowest BCUT2D eigenvalue weighted by Gasteiger charge is -2.21. The second-order valence-electron chi connectivity index (χ2n) is 4.83. The smallest absolute Gasteiger partial charge is 0.0568 e. The maximum Gasteiger partial charge on any atom is 0.0568 e. The molecule has 1 aliphatic carbocycles. The first-order valence-electron chi connectivity index (χ1n) is 6.16. The molecule has 0 bridgehead atoms. The van der Waals surface area contributed by atoms with Crippen molar-refractivity contribution in [1.82, 2.24) is 5.32 Å².